The van der Waals surface area contributed by atoms with E-state index in [9.17, 15) is 4.79 Å². The van der Waals surface area contributed by atoms with Crippen LogP contribution < -0.4 is 16.6 Å². The van der Waals surface area contributed by atoms with Crippen molar-refractivity contribution in [3.05, 3.63) is 58.1 Å². The standard InChI is InChI=1S/C13H11Cl2N3O/c14-10-2-1-3-11(15)12(10)17-13(19)8-4-6-9(18-16)7-5-8/h1-7,18H,16H2,(H,17,19). The molecule has 6 heteroatoms. The van der Waals surface area contributed by atoms with Crippen LogP contribution in [0, 0.1) is 0 Å². The van der Waals surface area contributed by atoms with E-state index in [0.717, 1.165) is 0 Å². The second-order valence-corrected chi connectivity index (χ2v) is 4.59. The summed E-state index contributed by atoms with van der Waals surface area (Å²) in [6, 6.07) is 11.7. The molecule has 4 N–H and O–H groups in total. The molecule has 0 aliphatic rings. The molecule has 0 aliphatic carbocycles. The maximum absolute atomic E-state index is 12.0. The van der Waals surface area contributed by atoms with Crippen molar-refractivity contribution in [2.75, 3.05) is 10.7 Å². The molecule has 2 aromatic carbocycles. The van der Waals surface area contributed by atoms with Crippen LogP contribution >= 0.6 is 23.2 Å². The van der Waals surface area contributed by atoms with Gasteiger partial charge in [-0.05, 0) is 36.4 Å². The zero-order chi connectivity index (χ0) is 13.8. The highest BCUT2D eigenvalue weighted by molar-refractivity contribution is 6.40. The summed E-state index contributed by atoms with van der Waals surface area (Å²) in [7, 11) is 0. The van der Waals surface area contributed by atoms with E-state index in [0.29, 0.717) is 27.0 Å². The molecule has 0 heterocycles. The van der Waals surface area contributed by atoms with Gasteiger partial charge >= 0.3 is 0 Å². The third-order valence-electron chi connectivity index (χ3n) is 2.52. The highest BCUT2D eigenvalue weighted by atomic mass is 35.5. The average Bonchev–Trinajstić information content (AvgIpc) is 2.43. The van der Waals surface area contributed by atoms with E-state index in [2.05, 4.69) is 10.7 Å². The summed E-state index contributed by atoms with van der Waals surface area (Å²) >= 11 is 12.0. The fourth-order valence-electron chi connectivity index (χ4n) is 1.52. The molecule has 0 spiro atoms. The summed E-state index contributed by atoms with van der Waals surface area (Å²) in [6.45, 7) is 0. The predicted octanol–water partition coefficient (Wildman–Crippen LogP) is 3.53. The second-order valence-electron chi connectivity index (χ2n) is 3.77. The second kappa shape index (κ2) is 5.93. The number of anilines is 2. The molecular weight excluding hydrogens is 285 g/mol. The van der Waals surface area contributed by atoms with Crippen LogP contribution in [0.2, 0.25) is 10.0 Å². The Bertz CT molecular complexity index is 579. The highest BCUT2D eigenvalue weighted by Gasteiger charge is 2.11. The van der Waals surface area contributed by atoms with Gasteiger partial charge < -0.3 is 10.7 Å². The molecule has 4 nitrogen and oxygen atoms in total. The van der Waals surface area contributed by atoms with Crippen molar-refractivity contribution in [1.82, 2.24) is 0 Å². The number of carbonyl (C=O) groups is 1. The van der Waals surface area contributed by atoms with Crippen LogP contribution in [0.25, 0.3) is 0 Å². The van der Waals surface area contributed by atoms with Gasteiger partial charge in [0.1, 0.15) is 0 Å². The maximum atomic E-state index is 12.0. The third-order valence-corrected chi connectivity index (χ3v) is 3.14. The van der Waals surface area contributed by atoms with Crippen LogP contribution in [0.1, 0.15) is 10.4 Å². The molecule has 0 bridgehead atoms. The number of hydrazine groups is 1. The lowest BCUT2D eigenvalue weighted by Crippen LogP contribution is -2.13. The largest absolute Gasteiger partial charge is 0.324 e. The zero-order valence-corrected chi connectivity index (χ0v) is 11.3. The smallest absolute Gasteiger partial charge is 0.255 e. The molecule has 0 radical (unpaired) electrons. The summed E-state index contributed by atoms with van der Waals surface area (Å²) in [5.74, 6) is 4.96. The summed E-state index contributed by atoms with van der Waals surface area (Å²) in [6.07, 6.45) is 0. The van der Waals surface area contributed by atoms with Gasteiger partial charge in [0.2, 0.25) is 0 Å². The minimum absolute atomic E-state index is 0.293. The number of rotatable bonds is 3. The van der Waals surface area contributed by atoms with E-state index in [1.165, 1.54) is 0 Å². The lowest BCUT2D eigenvalue weighted by Gasteiger charge is -2.09. The molecule has 0 saturated heterocycles. The van der Waals surface area contributed by atoms with Crippen molar-refractivity contribution in [1.29, 1.82) is 0 Å². The lowest BCUT2D eigenvalue weighted by molar-refractivity contribution is 0.102. The van der Waals surface area contributed by atoms with Crippen LogP contribution in [0.3, 0.4) is 0 Å². The van der Waals surface area contributed by atoms with Gasteiger partial charge in [0, 0.05) is 11.3 Å². The van der Waals surface area contributed by atoms with Crippen LogP contribution in [0.4, 0.5) is 11.4 Å². The molecule has 19 heavy (non-hydrogen) atoms. The Morgan fingerprint density at radius 1 is 1.00 bits per heavy atom. The third kappa shape index (κ3) is 3.17. The maximum Gasteiger partial charge on any atom is 0.255 e. The monoisotopic (exact) mass is 295 g/mol. The van der Waals surface area contributed by atoms with Crippen molar-refractivity contribution in [2.45, 2.75) is 0 Å². The Labute approximate surface area is 120 Å². The van der Waals surface area contributed by atoms with Crippen molar-refractivity contribution in [3.8, 4) is 0 Å². The number of carbonyl (C=O) groups excluding carboxylic acids is 1. The van der Waals surface area contributed by atoms with Crippen LogP contribution in [0.15, 0.2) is 42.5 Å². The van der Waals surface area contributed by atoms with E-state index in [1.807, 2.05) is 0 Å². The van der Waals surface area contributed by atoms with Gasteiger partial charge in [-0.25, -0.2) is 0 Å². The summed E-state index contributed by atoms with van der Waals surface area (Å²) in [5.41, 5.74) is 4.08. The number of para-hydroxylation sites is 1. The summed E-state index contributed by atoms with van der Waals surface area (Å²) in [5, 5.41) is 3.46. The normalized spacial score (nSPS) is 10.1. The Hall–Kier alpha value is -1.75. The minimum atomic E-state index is -0.293. The molecule has 98 valence electrons. The molecule has 0 fully saturated rings. The average molecular weight is 296 g/mol. The van der Waals surface area contributed by atoms with E-state index in [-0.39, 0.29) is 5.91 Å². The van der Waals surface area contributed by atoms with Crippen LogP contribution in [-0.4, -0.2) is 5.91 Å². The predicted molar refractivity (Wildman–Crippen MR) is 78.7 cm³/mol. The first-order valence-corrected chi connectivity index (χ1v) is 6.19. The fourth-order valence-corrected chi connectivity index (χ4v) is 2.01. The number of nitrogens with two attached hydrogens (primary N) is 1. The number of hydrogen-bond donors (Lipinski definition) is 3. The molecule has 0 aliphatic heterocycles. The van der Waals surface area contributed by atoms with E-state index in [4.69, 9.17) is 29.0 Å². The Morgan fingerprint density at radius 2 is 1.58 bits per heavy atom. The number of halogens is 2. The van der Waals surface area contributed by atoms with Gasteiger partial charge in [0.05, 0.1) is 15.7 Å². The first kappa shape index (κ1) is 13.7. The van der Waals surface area contributed by atoms with Gasteiger partial charge in [-0.2, -0.15) is 0 Å². The number of amides is 1. The highest BCUT2D eigenvalue weighted by Crippen LogP contribution is 2.30. The van der Waals surface area contributed by atoms with Crippen LogP contribution in [-0.2, 0) is 0 Å². The molecule has 0 saturated carbocycles. The van der Waals surface area contributed by atoms with Gasteiger partial charge in [0.15, 0.2) is 0 Å². The van der Waals surface area contributed by atoms with E-state index < -0.39 is 0 Å². The topological polar surface area (TPSA) is 67.1 Å². The van der Waals surface area contributed by atoms with Gasteiger partial charge in [0.25, 0.3) is 5.91 Å². The van der Waals surface area contributed by atoms with Crippen LogP contribution in [0.5, 0.6) is 0 Å². The molecule has 1 amide bonds. The van der Waals surface area contributed by atoms with Gasteiger partial charge in [-0.15, -0.1) is 0 Å². The van der Waals surface area contributed by atoms with Crippen molar-refractivity contribution in [2.24, 2.45) is 5.84 Å². The quantitative estimate of drug-likeness (QED) is 0.599. The lowest BCUT2D eigenvalue weighted by atomic mass is 10.2. The van der Waals surface area contributed by atoms with Gasteiger partial charge in [-0.1, -0.05) is 29.3 Å². The molecule has 0 unspecified atom stereocenters. The first-order valence-electron chi connectivity index (χ1n) is 5.44. The van der Waals surface area contributed by atoms with E-state index >= 15 is 0 Å². The van der Waals surface area contributed by atoms with Crippen molar-refractivity contribution >= 4 is 40.5 Å². The summed E-state index contributed by atoms with van der Waals surface area (Å²) in [4.78, 5) is 12.0. The number of hydrogen-bond acceptors (Lipinski definition) is 3. The summed E-state index contributed by atoms with van der Waals surface area (Å²) < 4.78 is 0. The minimum Gasteiger partial charge on any atom is -0.324 e. The number of benzene rings is 2. The van der Waals surface area contributed by atoms with Gasteiger partial charge in [-0.3, -0.25) is 10.6 Å². The Morgan fingerprint density at radius 3 is 2.11 bits per heavy atom. The Balaban J connectivity index is 2.20. The molecule has 2 aromatic rings. The first-order chi connectivity index (χ1) is 9.11. The van der Waals surface area contributed by atoms with E-state index in [1.54, 1.807) is 42.5 Å². The van der Waals surface area contributed by atoms with Crippen molar-refractivity contribution < 1.29 is 4.79 Å². The molecular formula is C13H11Cl2N3O. The Kier molecular flexibility index (Phi) is 4.27. The SMILES string of the molecule is NNc1ccc(C(=O)Nc2c(Cl)cccc2Cl)cc1. The molecule has 2 rings (SSSR count). The van der Waals surface area contributed by atoms with Crippen molar-refractivity contribution in [3.63, 3.8) is 0 Å². The molecule has 0 aromatic heterocycles. The number of nitrogens with one attached hydrogen (secondary N) is 2. The fraction of sp³-hybridized carbons (Fsp3) is 0. The number of nitrogen functional groups attached to an aromatic ring is 1. The zero-order valence-electron chi connectivity index (χ0n) is 9.78. The molecule has 0 atom stereocenters.